The lowest BCUT2D eigenvalue weighted by molar-refractivity contribution is -0.118. The van der Waals surface area contributed by atoms with Gasteiger partial charge in [-0.2, -0.15) is 0 Å². The number of fused-ring (bicyclic) bond motifs is 1. The highest BCUT2D eigenvalue weighted by Gasteiger charge is 2.21. The minimum absolute atomic E-state index is 0. The number of thiazole rings is 1. The summed E-state index contributed by atoms with van der Waals surface area (Å²) < 4.78 is 3.02. The monoisotopic (exact) mass is 506 g/mol. The van der Waals surface area contributed by atoms with Crippen molar-refractivity contribution in [1.82, 2.24) is 14.5 Å². The maximum absolute atomic E-state index is 13.3. The number of carbonyl (C=O) groups excluding carboxylic acids is 1. The second kappa shape index (κ2) is 11.2. The summed E-state index contributed by atoms with van der Waals surface area (Å²) in [4.78, 5) is 25.2. The van der Waals surface area contributed by atoms with E-state index in [0.29, 0.717) is 18.0 Å². The molecular formula is C23H24Cl2N4OS2. The van der Waals surface area contributed by atoms with Crippen LogP contribution in [0.2, 0.25) is 5.02 Å². The fraction of sp³-hybridized carbons (Fsp3) is 0.261. The zero-order valence-corrected chi connectivity index (χ0v) is 21.0. The third-order valence-electron chi connectivity index (χ3n) is 5.04. The highest BCUT2D eigenvalue weighted by Crippen LogP contribution is 2.33. The van der Waals surface area contributed by atoms with Crippen molar-refractivity contribution in [3.05, 3.63) is 71.3 Å². The number of anilines is 1. The summed E-state index contributed by atoms with van der Waals surface area (Å²) in [5.41, 5.74) is 2.92. The molecule has 0 fully saturated rings. The van der Waals surface area contributed by atoms with Crippen LogP contribution in [0.15, 0.2) is 60.0 Å². The maximum atomic E-state index is 13.3. The molecule has 168 valence electrons. The molecule has 2 aromatic carbocycles. The third-order valence-corrected chi connectivity index (χ3v) is 7.03. The molecule has 5 nitrogen and oxygen atoms in total. The van der Waals surface area contributed by atoms with Crippen LogP contribution in [0.3, 0.4) is 0 Å². The summed E-state index contributed by atoms with van der Waals surface area (Å²) in [6.45, 7) is 3.38. The number of halogens is 2. The van der Waals surface area contributed by atoms with E-state index in [4.69, 9.17) is 16.6 Å². The summed E-state index contributed by atoms with van der Waals surface area (Å²) in [7, 11) is 0. The van der Waals surface area contributed by atoms with E-state index >= 15 is 0 Å². The Hall–Kier alpha value is -2.06. The molecule has 0 atom stereocenters. The number of amides is 1. The van der Waals surface area contributed by atoms with Gasteiger partial charge >= 0.3 is 0 Å². The van der Waals surface area contributed by atoms with Gasteiger partial charge in [0.15, 0.2) is 5.13 Å². The smallest absolute Gasteiger partial charge is 0.233 e. The third kappa shape index (κ3) is 5.84. The van der Waals surface area contributed by atoms with Crippen molar-refractivity contribution in [2.24, 2.45) is 0 Å². The Balaban J connectivity index is 0.00000289. The Morgan fingerprint density at radius 2 is 2.03 bits per heavy atom. The number of imidazole rings is 1. The molecule has 0 radical (unpaired) electrons. The van der Waals surface area contributed by atoms with E-state index in [1.54, 1.807) is 24.3 Å². The number of hydrogen-bond acceptors (Lipinski definition) is 5. The van der Waals surface area contributed by atoms with Crippen molar-refractivity contribution in [2.75, 3.05) is 17.7 Å². The summed E-state index contributed by atoms with van der Waals surface area (Å²) in [6.07, 6.45) is 8.69. The highest BCUT2D eigenvalue weighted by molar-refractivity contribution is 7.98. The van der Waals surface area contributed by atoms with Crippen LogP contribution in [-0.4, -0.2) is 33.2 Å². The van der Waals surface area contributed by atoms with Crippen molar-refractivity contribution in [3.63, 3.8) is 0 Å². The van der Waals surface area contributed by atoms with Crippen LogP contribution in [0.1, 0.15) is 17.5 Å². The number of benzene rings is 2. The Kier molecular flexibility index (Phi) is 8.59. The van der Waals surface area contributed by atoms with Crippen molar-refractivity contribution in [2.45, 2.75) is 31.2 Å². The molecule has 4 rings (SSSR count). The normalized spacial score (nSPS) is 10.8. The molecule has 0 saturated heterocycles. The molecule has 32 heavy (non-hydrogen) atoms. The summed E-state index contributed by atoms with van der Waals surface area (Å²) >= 11 is 9.44. The van der Waals surface area contributed by atoms with Gasteiger partial charge in [-0.3, -0.25) is 9.69 Å². The van der Waals surface area contributed by atoms with Crippen LogP contribution in [0.5, 0.6) is 0 Å². The number of nitrogens with zero attached hydrogens (tertiary/aromatic N) is 4. The molecule has 1 amide bonds. The first kappa shape index (κ1) is 24.6. The van der Waals surface area contributed by atoms with Gasteiger partial charge in [0.2, 0.25) is 5.91 Å². The first-order valence-electron chi connectivity index (χ1n) is 9.99. The number of thioether (sulfide) groups is 1. The van der Waals surface area contributed by atoms with Gasteiger partial charge in [0, 0.05) is 35.4 Å². The Morgan fingerprint density at radius 3 is 2.72 bits per heavy atom. The largest absolute Gasteiger partial charge is 0.337 e. The Morgan fingerprint density at radius 1 is 1.25 bits per heavy atom. The molecule has 9 heteroatoms. The van der Waals surface area contributed by atoms with Gasteiger partial charge in [-0.25, -0.2) is 9.97 Å². The van der Waals surface area contributed by atoms with Crippen molar-refractivity contribution in [3.8, 4) is 0 Å². The summed E-state index contributed by atoms with van der Waals surface area (Å²) in [5, 5.41) is 1.41. The van der Waals surface area contributed by atoms with Crippen molar-refractivity contribution in [1.29, 1.82) is 0 Å². The van der Waals surface area contributed by atoms with Gasteiger partial charge in [-0.1, -0.05) is 35.1 Å². The van der Waals surface area contributed by atoms with Gasteiger partial charge in [0.25, 0.3) is 0 Å². The Bertz CT molecular complexity index is 1180. The standard InChI is InChI=1S/C23H23ClN4OS2.ClH/c1-16-12-18(24)14-20-22(16)26-23(31-20)28(10-3-9-27-11-8-25-15-27)21(29)13-17-4-6-19(30-2)7-5-17;/h4-8,11-12,14-15H,3,9-10,13H2,1-2H3;1H. The minimum atomic E-state index is 0. The predicted octanol–water partition coefficient (Wildman–Crippen LogP) is 6.26. The maximum Gasteiger partial charge on any atom is 0.233 e. The van der Waals surface area contributed by atoms with Crippen LogP contribution in [0.25, 0.3) is 10.2 Å². The van der Waals surface area contributed by atoms with Crippen molar-refractivity contribution < 1.29 is 4.79 Å². The molecule has 0 aliphatic carbocycles. The molecule has 0 saturated carbocycles. The fourth-order valence-corrected chi connectivity index (χ4v) is 5.30. The van der Waals surface area contributed by atoms with Gasteiger partial charge in [0.05, 0.1) is 23.0 Å². The van der Waals surface area contributed by atoms with E-state index in [0.717, 1.165) is 39.4 Å². The topological polar surface area (TPSA) is 51.0 Å². The minimum Gasteiger partial charge on any atom is -0.337 e. The van der Waals surface area contributed by atoms with E-state index in [2.05, 4.69) is 17.1 Å². The van der Waals surface area contributed by atoms with E-state index in [1.165, 1.54) is 16.2 Å². The quantitative estimate of drug-likeness (QED) is 0.264. The molecule has 0 N–H and O–H groups in total. The van der Waals surface area contributed by atoms with Crippen LogP contribution in [-0.2, 0) is 17.8 Å². The van der Waals surface area contributed by atoms with Gasteiger partial charge < -0.3 is 4.57 Å². The molecule has 2 aromatic heterocycles. The van der Waals surface area contributed by atoms with Crippen LogP contribution in [0.4, 0.5) is 5.13 Å². The average Bonchev–Trinajstić information content (AvgIpc) is 3.41. The van der Waals surface area contributed by atoms with E-state index < -0.39 is 0 Å². The number of carbonyl (C=O) groups is 1. The van der Waals surface area contributed by atoms with E-state index in [-0.39, 0.29) is 18.3 Å². The number of aromatic nitrogens is 3. The number of hydrogen-bond donors (Lipinski definition) is 0. The first-order valence-corrected chi connectivity index (χ1v) is 12.4. The zero-order chi connectivity index (χ0) is 21.8. The van der Waals surface area contributed by atoms with Gasteiger partial charge in [-0.05, 0) is 55.0 Å². The van der Waals surface area contributed by atoms with E-state index in [1.807, 2.05) is 53.1 Å². The second-order valence-corrected chi connectivity index (χ2v) is 9.62. The number of rotatable bonds is 8. The van der Waals surface area contributed by atoms with Gasteiger partial charge in [-0.15, -0.1) is 24.2 Å². The van der Waals surface area contributed by atoms with Crippen LogP contribution < -0.4 is 4.90 Å². The van der Waals surface area contributed by atoms with E-state index in [9.17, 15) is 4.79 Å². The summed E-state index contributed by atoms with van der Waals surface area (Å²) in [5.74, 6) is 0.0466. The SMILES string of the molecule is CSc1ccc(CC(=O)N(CCCn2ccnc2)c2nc3c(C)cc(Cl)cc3s2)cc1.Cl. The zero-order valence-electron chi connectivity index (χ0n) is 17.8. The van der Waals surface area contributed by atoms with Crippen LogP contribution >= 0.6 is 47.1 Å². The molecular weight excluding hydrogens is 483 g/mol. The lowest BCUT2D eigenvalue weighted by atomic mass is 10.1. The predicted molar refractivity (Wildman–Crippen MR) is 138 cm³/mol. The van der Waals surface area contributed by atoms with Crippen LogP contribution in [0, 0.1) is 6.92 Å². The average molecular weight is 508 g/mol. The van der Waals surface area contributed by atoms with Crippen molar-refractivity contribution >= 4 is 68.4 Å². The molecule has 0 bridgehead atoms. The molecule has 0 aliphatic rings. The molecule has 0 spiro atoms. The molecule has 4 aromatic rings. The molecule has 0 aliphatic heterocycles. The fourth-order valence-electron chi connectivity index (χ4n) is 3.43. The van der Waals surface area contributed by atoms with Gasteiger partial charge in [0.1, 0.15) is 0 Å². The summed E-state index contributed by atoms with van der Waals surface area (Å²) in [6, 6.07) is 12.0. The highest BCUT2D eigenvalue weighted by atomic mass is 35.5. The molecule has 2 heterocycles. The Labute approximate surface area is 207 Å². The lowest BCUT2D eigenvalue weighted by Crippen LogP contribution is -2.33. The second-order valence-electron chi connectivity index (χ2n) is 7.29. The molecule has 0 unspecified atom stereocenters. The lowest BCUT2D eigenvalue weighted by Gasteiger charge is -2.20. The number of aryl methyl sites for hydroxylation is 2. The first-order chi connectivity index (χ1) is 15.0.